The molecule has 0 saturated carbocycles. The summed E-state index contributed by atoms with van der Waals surface area (Å²) in [4.78, 5) is 24.4. The van der Waals surface area contributed by atoms with Crippen molar-refractivity contribution in [2.45, 2.75) is 24.2 Å². The number of halogens is 3. The van der Waals surface area contributed by atoms with Crippen LogP contribution in [0.5, 0.6) is 0 Å². The molecule has 1 aliphatic rings. The third kappa shape index (κ3) is 5.36. The van der Waals surface area contributed by atoms with Gasteiger partial charge in [0.05, 0.1) is 11.1 Å². The summed E-state index contributed by atoms with van der Waals surface area (Å²) in [6, 6.07) is 12.6. The SMILES string of the molecule is O=C(OC[C@@H]1O[C@H](Cl)C[C@H]1OC(=O)c1ccc(Cl)cc1)c1ccc(Cl)cc1. The van der Waals surface area contributed by atoms with Gasteiger partial charge < -0.3 is 14.2 Å². The first kappa shape index (κ1) is 20.0. The second-order valence-electron chi connectivity index (χ2n) is 5.88. The van der Waals surface area contributed by atoms with Crippen molar-refractivity contribution >= 4 is 46.7 Å². The highest BCUT2D eigenvalue weighted by atomic mass is 35.5. The molecule has 1 aliphatic heterocycles. The van der Waals surface area contributed by atoms with E-state index < -0.39 is 29.7 Å². The lowest BCUT2D eigenvalue weighted by molar-refractivity contribution is -0.0322. The molecular weight excluding hydrogens is 415 g/mol. The fraction of sp³-hybridized carbons (Fsp3) is 0.263. The Morgan fingerprint density at radius 3 is 2.00 bits per heavy atom. The van der Waals surface area contributed by atoms with Crippen molar-refractivity contribution in [3.05, 3.63) is 69.7 Å². The molecule has 3 rings (SSSR count). The zero-order valence-corrected chi connectivity index (χ0v) is 16.2. The van der Waals surface area contributed by atoms with Gasteiger partial charge in [-0.05, 0) is 48.5 Å². The van der Waals surface area contributed by atoms with Crippen molar-refractivity contribution in [3.63, 3.8) is 0 Å². The molecule has 2 aromatic rings. The van der Waals surface area contributed by atoms with Gasteiger partial charge in [0, 0.05) is 16.5 Å². The van der Waals surface area contributed by atoms with Crippen molar-refractivity contribution in [2.24, 2.45) is 0 Å². The Labute approximate surface area is 171 Å². The van der Waals surface area contributed by atoms with Crippen LogP contribution >= 0.6 is 34.8 Å². The molecule has 0 unspecified atom stereocenters. The van der Waals surface area contributed by atoms with Gasteiger partial charge in [-0.1, -0.05) is 34.8 Å². The standard InChI is InChI=1S/C19H15Cl3O5/c20-13-5-1-11(2-6-13)18(23)25-10-16-15(9-17(22)26-16)27-19(24)12-3-7-14(21)8-4-12/h1-8,15-17H,9-10H2/t15-,16+,17+/m1/s1. The van der Waals surface area contributed by atoms with Crippen LogP contribution in [0.3, 0.4) is 0 Å². The molecule has 5 nitrogen and oxygen atoms in total. The monoisotopic (exact) mass is 428 g/mol. The zero-order chi connectivity index (χ0) is 19.4. The smallest absolute Gasteiger partial charge is 0.338 e. The minimum Gasteiger partial charge on any atom is -0.459 e. The molecule has 0 spiro atoms. The lowest BCUT2D eigenvalue weighted by Gasteiger charge is -2.19. The van der Waals surface area contributed by atoms with E-state index >= 15 is 0 Å². The quantitative estimate of drug-likeness (QED) is 0.508. The summed E-state index contributed by atoms with van der Waals surface area (Å²) in [5.41, 5.74) is 0.0797. The van der Waals surface area contributed by atoms with Crippen LogP contribution in [0.25, 0.3) is 0 Å². The summed E-state index contributed by atoms with van der Waals surface area (Å²) in [5.74, 6) is -1.06. The van der Waals surface area contributed by atoms with Crippen LogP contribution in [0.4, 0.5) is 0 Å². The number of carbonyl (C=O) groups is 2. The van der Waals surface area contributed by atoms with Crippen LogP contribution < -0.4 is 0 Å². The molecule has 8 heteroatoms. The highest BCUT2D eigenvalue weighted by molar-refractivity contribution is 6.31. The molecule has 1 heterocycles. The van der Waals surface area contributed by atoms with Gasteiger partial charge in [0.25, 0.3) is 0 Å². The summed E-state index contributed by atoms with van der Waals surface area (Å²) < 4.78 is 16.2. The molecule has 0 aliphatic carbocycles. The van der Waals surface area contributed by atoms with Crippen LogP contribution in [0.2, 0.25) is 10.0 Å². The van der Waals surface area contributed by atoms with Gasteiger partial charge in [-0.3, -0.25) is 0 Å². The van der Waals surface area contributed by atoms with E-state index in [-0.39, 0.29) is 6.61 Å². The van der Waals surface area contributed by atoms with E-state index in [9.17, 15) is 9.59 Å². The Bertz CT molecular complexity index is 807. The van der Waals surface area contributed by atoms with Gasteiger partial charge in [-0.25, -0.2) is 9.59 Å². The highest BCUT2D eigenvalue weighted by Gasteiger charge is 2.38. The third-order valence-corrected chi connectivity index (χ3v) is 4.74. The molecule has 0 aromatic heterocycles. The highest BCUT2D eigenvalue weighted by Crippen LogP contribution is 2.27. The van der Waals surface area contributed by atoms with Crippen molar-refractivity contribution < 1.29 is 23.8 Å². The van der Waals surface area contributed by atoms with Gasteiger partial charge in [0.2, 0.25) is 0 Å². The third-order valence-electron chi connectivity index (χ3n) is 3.95. The van der Waals surface area contributed by atoms with Gasteiger partial charge in [0.1, 0.15) is 24.4 Å². The Balaban J connectivity index is 1.58. The molecular formula is C19H15Cl3O5. The predicted molar refractivity (Wildman–Crippen MR) is 102 cm³/mol. The average molecular weight is 430 g/mol. The van der Waals surface area contributed by atoms with E-state index in [0.717, 1.165) is 0 Å². The zero-order valence-electron chi connectivity index (χ0n) is 13.9. The number of rotatable bonds is 5. The summed E-state index contributed by atoms with van der Waals surface area (Å²) in [6.07, 6.45) is -0.988. The van der Waals surface area contributed by atoms with E-state index in [1.165, 1.54) is 0 Å². The fourth-order valence-corrected chi connectivity index (χ4v) is 3.12. The number of carbonyl (C=O) groups excluding carboxylic acids is 2. The van der Waals surface area contributed by atoms with Crippen molar-refractivity contribution in [1.82, 2.24) is 0 Å². The number of alkyl halides is 1. The minimum absolute atomic E-state index is 0.0940. The Morgan fingerprint density at radius 1 is 0.926 bits per heavy atom. The molecule has 2 aromatic carbocycles. The average Bonchev–Trinajstić information content (AvgIpc) is 3.00. The number of benzene rings is 2. The maximum Gasteiger partial charge on any atom is 0.338 e. The van der Waals surface area contributed by atoms with Crippen LogP contribution in [0.15, 0.2) is 48.5 Å². The number of hydrogen-bond donors (Lipinski definition) is 0. The van der Waals surface area contributed by atoms with Gasteiger partial charge in [0.15, 0.2) is 0 Å². The van der Waals surface area contributed by atoms with E-state index in [1.54, 1.807) is 48.5 Å². The molecule has 0 N–H and O–H groups in total. The summed E-state index contributed by atoms with van der Waals surface area (Å²) in [6.45, 7) is -0.0940. The first-order valence-corrected chi connectivity index (χ1v) is 9.30. The minimum atomic E-state index is -0.653. The fourth-order valence-electron chi connectivity index (χ4n) is 2.56. The summed E-state index contributed by atoms with van der Waals surface area (Å²) >= 11 is 17.6. The van der Waals surface area contributed by atoms with Crippen LogP contribution in [-0.4, -0.2) is 36.3 Å². The molecule has 1 saturated heterocycles. The molecule has 3 atom stereocenters. The lowest BCUT2D eigenvalue weighted by Crippen LogP contribution is -2.32. The molecule has 142 valence electrons. The van der Waals surface area contributed by atoms with Crippen molar-refractivity contribution in [1.29, 1.82) is 0 Å². The maximum atomic E-state index is 12.3. The Hall–Kier alpha value is -1.79. The second-order valence-corrected chi connectivity index (χ2v) is 7.24. The van der Waals surface area contributed by atoms with Crippen molar-refractivity contribution in [2.75, 3.05) is 6.61 Å². The number of ether oxygens (including phenoxy) is 3. The molecule has 1 fully saturated rings. The predicted octanol–water partition coefficient (Wildman–Crippen LogP) is 4.73. The van der Waals surface area contributed by atoms with Gasteiger partial charge in [-0.2, -0.15) is 0 Å². The Kier molecular flexibility index (Phi) is 6.60. The first-order valence-electron chi connectivity index (χ1n) is 8.11. The van der Waals surface area contributed by atoms with E-state index in [0.29, 0.717) is 27.6 Å². The summed E-state index contributed by atoms with van der Waals surface area (Å²) in [7, 11) is 0. The first-order chi connectivity index (χ1) is 12.9. The van der Waals surface area contributed by atoms with Gasteiger partial charge >= 0.3 is 11.9 Å². The van der Waals surface area contributed by atoms with Crippen LogP contribution in [0, 0.1) is 0 Å². The normalized spacial score (nSPS) is 21.7. The summed E-state index contributed by atoms with van der Waals surface area (Å²) in [5, 5.41) is 1.04. The number of hydrogen-bond acceptors (Lipinski definition) is 5. The van der Waals surface area contributed by atoms with E-state index in [4.69, 9.17) is 49.0 Å². The molecule has 0 radical (unpaired) electrons. The lowest BCUT2D eigenvalue weighted by atomic mass is 10.2. The van der Waals surface area contributed by atoms with E-state index in [1.807, 2.05) is 0 Å². The second kappa shape index (κ2) is 8.93. The molecule has 0 bridgehead atoms. The molecule has 27 heavy (non-hydrogen) atoms. The van der Waals surface area contributed by atoms with Crippen LogP contribution in [0.1, 0.15) is 27.1 Å². The van der Waals surface area contributed by atoms with E-state index in [2.05, 4.69) is 0 Å². The molecule has 0 amide bonds. The number of esters is 2. The largest absolute Gasteiger partial charge is 0.459 e. The van der Waals surface area contributed by atoms with Crippen molar-refractivity contribution in [3.8, 4) is 0 Å². The Morgan fingerprint density at radius 2 is 1.44 bits per heavy atom. The van der Waals surface area contributed by atoms with Gasteiger partial charge in [-0.15, -0.1) is 0 Å². The maximum absolute atomic E-state index is 12.3. The van der Waals surface area contributed by atoms with Crippen LogP contribution in [-0.2, 0) is 14.2 Å². The topological polar surface area (TPSA) is 61.8 Å².